The molecule has 0 radical (unpaired) electrons. The SMILES string of the molecule is CCCNC(C)CCN1CCC(C(C)(C)C)CCC1=O. The van der Waals surface area contributed by atoms with Crippen molar-refractivity contribution in [3.05, 3.63) is 0 Å². The maximum absolute atomic E-state index is 12.2. The van der Waals surface area contributed by atoms with Gasteiger partial charge in [-0.05, 0) is 50.5 Å². The molecule has 3 heteroatoms. The summed E-state index contributed by atoms with van der Waals surface area (Å²) >= 11 is 0. The Labute approximate surface area is 125 Å². The van der Waals surface area contributed by atoms with Crippen LogP contribution < -0.4 is 5.32 Å². The van der Waals surface area contributed by atoms with Gasteiger partial charge in [-0.3, -0.25) is 4.79 Å². The fourth-order valence-electron chi connectivity index (χ4n) is 2.98. The lowest BCUT2D eigenvalue weighted by Crippen LogP contribution is -2.36. The Balaban J connectivity index is 2.41. The Kier molecular flexibility index (Phi) is 7.01. The van der Waals surface area contributed by atoms with Crippen LogP contribution in [0.25, 0.3) is 0 Å². The summed E-state index contributed by atoms with van der Waals surface area (Å²) in [5.41, 5.74) is 0.326. The number of carbonyl (C=O) groups excluding carboxylic acids is 1. The molecule has 0 aliphatic carbocycles. The maximum Gasteiger partial charge on any atom is 0.222 e. The van der Waals surface area contributed by atoms with Crippen LogP contribution in [0.5, 0.6) is 0 Å². The minimum Gasteiger partial charge on any atom is -0.343 e. The average molecular weight is 282 g/mol. The molecule has 2 atom stereocenters. The van der Waals surface area contributed by atoms with Crippen LogP contribution >= 0.6 is 0 Å². The van der Waals surface area contributed by atoms with Gasteiger partial charge in [0.25, 0.3) is 0 Å². The van der Waals surface area contributed by atoms with E-state index in [9.17, 15) is 4.79 Å². The molecule has 118 valence electrons. The number of hydrogen-bond acceptors (Lipinski definition) is 2. The molecule has 20 heavy (non-hydrogen) atoms. The number of rotatable bonds is 6. The molecule has 1 amide bonds. The molecule has 0 aromatic heterocycles. The molecule has 1 N–H and O–H groups in total. The predicted molar refractivity (Wildman–Crippen MR) is 85.7 cm³/mol. The minimum atomic E-state index is 0.326. The van der Waals surface area contributed by atoms with Gasteiger partial charge in [0.15, 0.2) is 0 Å². The van der Waals surface area contributed by atoms with Gasteiger partial charge in [0.05, 0.1) is 0 Å². The van der Waals surface area contributed by atoms with E-state index in [-0.39, 0.29) is 0 Å². The monoisotopic (exact) mass is 282 g/mol. The van der Waals surface area contributed by atoms with Gasteiger partial charge in [0.2, 0.25) is 5.91 Å². The number of nitrogens with one attached hydrogen (secondary N) is 1. The molecule has 1 heterocycles. The van der Waals surface area contributed by atoms with Crippen molar-refractivity contribution in [2.45, 2.75) is 72.8 Å². The molecule has 2 unspecified atom stereocenters. The zero-order chi connectivity index (χ0) is 15.2. The first kappa shape index (κ1) is 17.5. The third-order valence-corrected chi connectivity index (χ3v) is 4.61. The van der Waals surface area contributed by atoms with E-state index in [4.69, 9.17) is 0 Å². The summed E-state index contributed by atoms with van der Waals surface area (Å²) in [5.74, 6) is 1.03. The second-order valence-corrected chi connectivity index (χ2v) is 7.41. The lowest BCUT2D eigenvalue weighted by molar-refractivity contribution is -0.130. The van der Waals surface area contributed by atoms with Gasteiger partial charge >= 0.3 is 0 Å². The van der Waals surface area contributed by atoms with Crippen molar-refractivity contribution in [3.8, 4) is 0 Å². The van der Waals surface area contributed by atoms with Crippen molar-refractivity contribution >= 4 is 5.91 Å². The highest BCUT2D eigenvalue weighted by Crippen LogP contribution is 2.34. The normalized spacial score (nSPS) is 22.8. The fraction of sp³-hybridized carbons (Fsp3) is 0.941. The Hall–Kier alpha value is -0.570. The number of nitrogens with zero attached hydrogens (tertiary/aromatic N) is 1. The van der Waals surface area contributed by atoms with Crippen LogP contribution in [-0.4, -0.2) is 36.5 Å². The molecular weight excluding hydrogens is 248 g/mol. The second kappa shape index (κ2) is 8.02. The van der Waals surface area contributed by atoms with Crippen LogP contribution in [0.2, 0.25) is 0 Å². The van der Waals surface area contributed by atoms with E-state index in [1.807, 2.05) is 0 Å². The van der Waals surface area contributed by atoms with Gasteiger partial charge in [-0.2, -0.15) is 0 Å². The van der Waals surface area contributed by atoms with E-state index >= 15 is 0 Å². The molecule has 0 aromatic carbocycles. The van der Waals surface area contributed by atoms with E-state index in [1.165, 1.54) is 6.42 Å². The summed E-state index contributed by atoms with van der Waals surface area (Å²) in [6, 6.07) is 0.504. The van der Waals surface area contributed by atoms with Crippen LogP contribution in [0.4, 0.5) is 0 Å². The predicted octanol–water partition coefficient (Wildman–Crippen LogP) is 3.44. The third-order valence-electron chi connectivity index (χ3n) is 4.61. The van der Waals surface area contributed by atoms with E-state index in [2.05, 4.69) is 44.8 Å². The number of hydrogen-bond donors (Lipinski definition) is 1. The van der Waals surface area contributed by atoms with E-state index in [1.54, 1.807) is 0 Å². The molecule has 1 fully saturated rings. The van der Waals surface area contributed by atoms with Crippen molar-refractivity contribution in [2.24, 2.45) is 11.3 Å². The van der Waals surface area contributed by atoms with Crippen molar-refractivity contribution in [1.29, 1.82) is 0 Å². The maximum atomic E-state index is 12.2. The summed E-state index contributed by atoms with van der Waals surface area (Å²) in [4.78, 5) is 14.3. The Morgan fingerprint density at radius 2 is 2.05 bits per heavy atom. The highest BCUT2D eigenvalue weighted by atomic mass is 16.2. The smallest absolute Gasteiger partial charge is 0.222 e. The topological polar surface area (TPSA) is 32.3 Å². The van der Waals surface area contributed by atoms with Crippen LogP contribution in [0, 0.1) is 11.3 Å². The summed E-state index contributed by atoms with van der Waals surface area (Å²) in [6.45, 7) is 14.2. The Morgan fingerprint density at radius 3 is 2.65 bits per heavy atom. The molecule has 0 spiro atoms. The molecule has 1 aliphatic heterocycles. The largest absolute Gasteiger partial charge is 0.343 e. The summed E-state index contributed by atoms with van der Waals surface area (Å²) < 4.78 is 0. The first-order chi connectivity index (χ1) is 9.34. The van der Waals surface area contributed by atoms with Crippen LogP contribution in [0.1, 0.15) is 66.7 Å². The van der Waals surface area contributed by atoms with Crippen molar-refractivity contribution in [1.82, 2.24) is 10.2 Å². The quantitative estimate of drug-likeness (QED) is 0.809. The van der Waals surface area contributed by atoms with Gasteiger partial charge in [0, 0.05) is 25.6 Å². The molecule has 0 bridgehead atoms. The fourth-order valence-corrected chi connectivity index (χ4v) is 2.98. The van der Waals surface area contributed by atoms with Gasteiger partial charge in [-0.15, -0.1) is 0 Å². The van der Waals surface area contributed by atoms with Crippen LogP contribution in [0.3, 0.4) is 0 Å². The number of likely N-dealkylation sites (tertiary alicyclic amines) is 1. The number of amides is 1. The second-order valence-electron chi connectivity index (χ2n) is 7.41. The van der Waals surface area contributed by atoms with Gasteiger partial charge in [0.1, 0.15) is 0 Å². The lowest BCUT2D eigenvalue weighted by Gasteiger charge is -2.29. The van der Waals surface area contributed by atoms with E-state index < -0.39 is 0 Å². The Bertz CT molecular complexity index is 296. The lowest BCUT2D eigenvalue weighted by atomic mass is 9.77. The van der Waals surface area contributed by atoms with Crippen LogP contribution in [-0.2, 0) is 4.79 Å². The molecule has 3 nitrogen and oxygen atoms in total. The summed E-state index contributed by atoms with van der Waals surface area (Å²) in [5, 5.41) is 3.50. The number of carbonyl (C=O) groups is 1. The van der Waals surface area contributed by atoms with E-state index in [0.29, 0.717) is 23.3 Å². The molecule has 1 rings (SSSR count). The summed E-state index contributed by atoms with van der Waals surface area (Å²) in [7, 11) is 0. The highest BCUT2D eigenvalue weighted by molar-refractivity contribution is 5.76. The van der Waals surface area contributed by atoms with Gasteiger partial charge in [-0.1, -0.05) is 27.7 Å². The first-order valence-corrected chi connectivity index (χ1v) is 8.35. The zero-order valence-corrected chi connectivity index (χ0v) is 14.2. The highest BCUT2D eigenvalue weighted by Gasteiger charge is 2.29. The molecule has 1 aliphatic rings. The molecule has 0 saturated carbocycles. The van der Waals surface area contributed by atoms with Crippen LogP contribution in [0.15, 0.2) is 0 Å². The van der Waals surface area contributed by atoms with Crippen molar-refractivity contribution in [3.63, 3.8) is 0 Å². The van der Waals surface area contributed by atoms with Crippen molar-refractivity contribution < 1.29 is 4.79 Å². The summed E-state index contributed by atoms with van der Waals surface area (Å²) in [6.07, 6.45) is 5.18. The molecule has 0 aromatic rings. The first-order valence-electron chi connectivity index (χ1n) is 8.35. The van der Waals surface area contributed by atoms with E-state index in [0.717, 1.165) is 45.3 Å². The van der Waals surface area contributed by atoms with Gasteiger partial charge < -0.3 is 10.2 Å². The average Bonchev–Trinajstić information content (AvgIpc) is 2.55. The zero-order valence-electron chi connectivity index (χ0n) is 14.2. The third kappa shape index (κ3) is 5.82. The molecular formula is C17H34N2O. The Morgan fingerprint density at radius 1 is 1.35 bits per heavy atom. The molecule has 1 saturated heterocycles. The minimum absolute atomic E-state index is 0.326. The van der Waals surface area contributed by atoms with Crippen molar-refractivity contribution in [2.75, 3.05) is 19.6 Å². The standard InChI is InChI=1S/C17H34N2O/c1-6-11-18-14(2)9-12-19-13-10-15(17(3,4)5)7-8-16(19)20/h14-15,18H,6-13H2,1-5H3. The van der Waals surface area contributed by atoms with Gasteiger partial charge in [-0.25, -0.2) is 0 Å².